The van der Waals surface area contributed by atoms with Gasteiger partial charge in [0.25, 0.3) is 0 Å². The summed E-state index contributed by atoms with van der Waals surface area (Å²) in [7, 11) is 0. The standard InChI is InChI=1S/C13H19ClN2/c1-11(2)15-6-8-16(9-7-15)13-5-3-4-12(14)10-13/h3-5,10-11H,6-9H2,1-2H3. The van der Waals surface area contributed by atoms with Crippen molar-refractivity contribution in [2.24, 2.45) is 0 Å². The number of anilines is 1. The van der Waals surface area contributed by atoms with Gasteiger partial charge in [-0.3, -0.25) is 4.90 Å². The van der Waals surface area contributed by atoms with Gasteiger partial charge in [-0.15, -0.1) is 0 Å². The second kappa shape index (κ2) is 5.07. The molecule has 0 amide bonds. The third kappa shape index (κ3) is 2.69. The number of rotatable bonds is 2. The Morgan fingerprint density at radius 3 is 2.38 bits per heavy atom. The van der Waals surface area contributed by atoms with Crippen molar-refractivity contribution in [2.75, 3.05) is 31.1 Å². The molecule has 1 heterocycles. The summed E-state index contributed by atoms with van der Waals surface area (Å²) >= 11 is 6.01. The van der Waals surface area contributed by atoms with E-state index in [-0.39, 0.29) is 0 Å². The first-order chi connectivity index (χ1) is 7.66. The molecular weight excluding hydrogens is 220 g/mol. The number of nitrogens with zero attached hydrogens (tertiary/aromatic N) is 2. The van der Waals surface area contributed by atoms with Crippen molar-refractivity contribution in [3.63, 3.8) is 0 Å². The van der Waals surface area contributed by atoms with Crippen molar-refractivity contribution in [3.8, 4) is 0 Å². The molecule has 0 spiro atoms. The highest BCUT2D eigenvalue weighted by Crippen LogP contribution is 2.21. The average Bonchev–Trinajstić information content (AvgIpc) is 2.29. The van der Waals surface area contributed by atoms with E-state index in [1.165, 1.54) is 5.69 Å². The number of piperazine rings is 1. The van der Waals surface area contributed by atoms with E-state index in [1.54, 1.807) is 0 Å². The molecule has 3 heteroatoms. The molecule has 0 N–H and O–H groups in total. The molecule has 1 aromatic rings. The first kappa shape index (κ1) is 11.7. The SMILES string of the molecule is CC(C)N1CCN(c2cccc(Cl)c2)CC1. The van der Waals surface area contributed by atoms with Crippen molar-refractivity contribution >= 4 is 17.3 Å². The van der Waals surface area contributed by atoms with Gasteiger partial charge in [-0.2, -0.15) is 0 Å². The summed E-state index contributed by atoms with van der Waals surface area (Å²) in [5.74, 6) is 0. The van der Waals surface area contributed by atoms with Gasteiger partial charge in [-0.05, 0) is 32.0 Å². The maximum absolute atomic E-state index is 6.01. The predicted octanol–water partition coefficient (Wildman–Crippen LogP) is 2.87. The minimum absolute atomic E-state index is 0.654. The van der Waals surface area contributed by atoms with Gasteiger partial charge in [-0.25, -0.2) is 0 Å². The van der Waals surface area contributed by atoms with Crippen LogP contribution in [0.4, 0.5) is 5.69 Å². The van der Waals surface area contributed by atoms with Crippen LogP contribution in [0.15, 0.2) is 24.3 Å². The highest BCUT2D eigenvalue weighted by molar-refractivity contribution is 6.30. The van der Waals surface area contributed by atoms with E-state index in [4.69, 9.17) is 11.6 Å². The Kier molecular flexibility index (Phi) is 3.72. The minimum Gasteiger partial charge on any atom is -0.369 e. The van der Waals surface area contributed by atoms with Crippen LogP contribution in [-0.2, 0) is 0 Å². The molecule has 0 radical (unpaired) electrons. The van der Waals surface area contributed by atoms with Crippen LogP contribution in [0, 0.1) is 0 Å². The third-order valence-electron chi connectivity index (χ3n) is 3.22. The van der Waals surface area contributed by atoms with Crippen molar-refractivity contribution in [1.82, 2.24) is 4.90 Å². The monoisotopic (exact) mass is 238 g/mol. The maximum atomic E-state index is 6.01. The zero-order valence-corrected chi connectivity index (χ0v) is 10.7. The molecule has 0 atom stereocenters. The number of halogens is 1. The van der Waals surface area contributed by atoms with Crippen LogP contribution in [0.1, 0.15) is 13.8 Å². The van der Waals surface area contributed by atoms with Crippen LogP contribution >= 0.6 is 11.6 Å². The van der Waals surface area contributed by atoms with Crippen LogP contribution in [0.5, 0.6) is 0 Å². The van der Waals surface area contributed by atoms with Gasteiger partial charge in [0.15, 0.2) is 0 Å². The van der Waals surface area contributed by atoms with Gasteiger partial charge < -0.3 is 4.90 Å². The van der Waals surface area contributed by atoms with Gasteiger partial charge in [0.2, 0.25) is 0 Å². The third-order valence-corrected chi connectivity index (χ3v) is 3.45. The summed E-state index contributed by atoms with van der Waals surface area (Å²) in [6.45, 7) is 9.00. The molecule has 0 bridgehead atoms. The van der Waals surface area contributed by atoms with E-state index in [1.807, 2.05) is 18.2 Å². The molecule has 16 heavy (non-hydrogen) atoms. The molecule has 1 aromatic carbocycles. The topological polar surface area (TPSA) is 6.48 Å². The summed E-state index contributed by atoms with van der Waals surface area (Å²) in [4.78, 5) is 4.92. The van der Waals surface area contributed by atoms with Gasteiger partial charge in [0.05, 0.1) is 0 Å². The fourth-order valence-corrected chi connectivity index (χ4v) is 2.35. The lowest BCUT2D eigenvalue weighted by Gasteiger charge is -2.38. The van der Waals surface area contributed by atoms with Crippen molar-refractivity contribution in [3.05, 3.63) is 29.3 Å². The maximum Gasteiger partial charge on any atom is 0.0426 e. The molecule has 1 fully saturated rings. The molecule has 1 aliphatic heterocycles. The molecule has 1 aliphatic rings. The quantitative estimate of drug-likeness (QED) is 0.782. The molecule has 0 saturated carbocycles. The summed E-state index contributed by atoms with van der Waals surface area (Å²) in [5.41, 5.74) is 1.25. The smallest absolute Gasteiger partial charge is 0.0426 e. The number of benzene rings is 1. The zero-order chi connectivity index (χ0) is 11.5. The highest BCUT2D eigenvalue weighted by Gasteiger charge is 2.18. The predicted molar refractivity (Wildman–Crippen MR) is 70.4 cm³/mol. The zero-order valence-electron chi connectivity index (χ0n) is 9.99. The lowest BCUT2D eigenvalue weighted by Crippen LogP contribution is -2.48. The van der Waals surface area contributed by atoms with E-state index in [2.05, 4.69) is 29.7 Å². The Morgan fingerprint density at radius 2 is 1.81 bits per heavy atom. The van der Waals surface area contributed by atoms with E-state index in [9.17, 15) is 0 Å². The molecule has 0 unspecified atom stereocenters. The van der Waals surface area contributed by atoms with E-state index in [0.717, 1.165) is 31.2 Å². The second-order valence-electron chi connectivity index (χ2n) is 4.60. The summed E-state index contributed by atoms with van der Waals surface area (Å²) < 4.78 is 0. The van der Waals surface area contributed by atoms with Crippen LogP contribution in [-0.4, -0.2) is 37.1 Å². The van der Waals surface area contributed by atoms with E-state index < -0.39 is 0 Å². The van der Waals surface area contributed by atoms with Gasteiger partial charge >= 0.3 is 0 Å². The summed E-state index contributed by atoms with van der Waals surface area (Å²) in [6, 6.07) is 8.78. The number of hydrogen-bond acceptors (Lipinski definition) is 2. The van der Waals surface area contributed by atoms with Crippen LogP contribution in [0.3, 0.4) is 0 Å². The molecule has 0 aliphatic carbocycles. The Morgan fingerprint density at radius 1 is 1.12 bits per heavy atom. The largest absolute Gasteiger partial charge is 0.369 e. The van der Waals surface area contributed by atoms with Gasteiger partial charge in [0, 0.05) is 42.9 Å². The molecule has 1 saturated heterocycles. The van der Waals surface area contributed by atoms with Crippen LogP contribution in [0.25, 0.3) is 0 Å². The second-order valence-corrected chi connectivity index (χ2v) is 5.03. The fraction of sp³-hybridized carbons (Fsp3) is 0.538. The lowest BCUT2D eigenvalue weighted by molar-refractivity contribution is 0.209. The first-order valence-corrected chi connectivity index (χ1v) is 6.29. The Balaban J connectivity index is 1.99. The van der Waals surface area contributed by atoms with Crippen LogP contribution < -0.4 is 4.90 Å². The summed E-state index contributed by atoms with van der Waals surface area (Å²) in [6.07, 6.45) is 0. The minimum atomic E-state index is 0.654. The fourth-order valence-electron chi connectivity index (χ4n) is 2.17. The summed E-state index contributed by atoms with van der Waals surface area (Å²) in [5, 5.41) is 0.823. The molecule has 0 aromatic heterocycles. The Hall–Kier alpha value is -0.730. The average molecular weight is 239 g/mol. The van der Waals surface area contributed by atoms with Gasteiger partial charge in [0.1, 0.15) is 0 Å². The molecule has 88 valence electrons. The van der Waals surface area contributed by atoms with Gasteiger partial charge in [-0.1, -0.05) is 17.7 Å². The molecular formula is C13H19ClN2. The first-order valence-electron chi connectivity index (χ1n) is 5.91. The highest BCUT2D eigenvalue weighted by atomic mass is 35.5. The van der Waals surface area contributed by atoms with E-state index in [0.29, 0.717) is 6.04 Å². The van der Waals surface area contributed by atoms with Crippen molar-refractivity contribution in [2.45, 2.75) is 19.9 Å². The Labute approximate surface area is 103 Å². The molecule has 2 nitrogen and oxygen atoms in total. The van der Waals surface area contributed by atoms with Crippen molar-refractivity contribution < 1.29 is 0 Å². The lowest BCUT2D eigenvalue weighted by atomic mass is 10.2. The normalized spacial score (nSPS) is 18.1. The van der Waals surface area contributed by atoms with Crippen LogP contribution in [0.2, 0.25) is 5.02 Å². The number of hydrogen-bond donors (Lipinski definition) is 0. The van der Waals surface area contributed by atoms with Crippen molar-refractivity contribution in [1.29, 1.82) is 0 Å². The van der Waals surface area contributed by atoms with E-state index >= 15 is 0 Å². The molecule has 2 rings (SSSR count). The Bertz CT molecular complexity index is 344.